The number of hydrogen-bond donors (Lipinski definition) is 2. The average Bonchev–Trinajstić information content (AvgIpc) is 3.05. The van der Waals surface area contributed by atoms with Gasteiger partial charge in [-0.15, -0.1) is 0 Å². The van der Waals surface area contributed by atoms with Crippen molar-refractivity contribution in [2.24, 2.45) is 0 Å². The lowest BCUT2D eigenvalue weighted by Gasteiger charge is -2.21. The largest absolute Gasteiger partial charge is 0.480 e. The smallest absolute Gasteiger partial charge is 0.320 e. The molecule has 1 heterocycles. The first-order valence-electron chi connectivity index (χ1n) is 8.06. The maximum absolute atomic E-state index is 12.2. The van der Waals surface area contributed by atoms with Gasteiger partial charge in [0.25, 0.3) is 5.91 Å². The fraction of sp³-hybridized carbons (Fsp3) is 0.263. The molecule has 0 radical (unpaired) electrons. The molecule has 124 valence electrons. The number of benzene rings is 2. The van der Waals surface area contributed by atoms with Crippen LogP contribution in [0.25, 0.3) is 0 Å². The second kappa shape index (κ2) is 7.27. The van der Waals surface area contributed by atoms with E-state index in [2.05, 4.69) is 5.32 Å². The van der Waals surface area contributed by atoms with E-state index >= 15 is 0 Å². The van der Waals surface area contributed by atoms with Gasteiger partial charge < -0.3 is 10.4 Å². The van der Waals surface area contributed by atoms with E-state index in [1.807, 2.05) is 47.4 Å². The van der Waals surface area contributed by atoms with Crippen molar-refractivity contribution in [3.8, 4) is 0 Å². The monoisotopic (exact) mass is 324 g/mol. The van der Waals surface area contributed by atoms with Crippen molar-refractivity contribution in [2.75, 3.05) is 11.9 Å². The van der Waals surface area contributed by atoms with Gasteiger partial charge in [0.1, 0.15) is 6.04 Å². The number of carboxylic acid groups (broad SMARTS) is 1. The molecule has 1 aliphatic heterocycles. The fourth-order valence-electron chi connectivity index (χ4n) is 3.02. The van der Waals surface area contributed by atoms with Gasteiger partial charge in [0, 0.05) is 17.8 Å². The number of nitrogens with zero attached hydrogens (tertiary/aromatic N) is 1. The lowest BCUT2D eigenvalue weighted by molar-refractivity contribution is -0.142. The van der Waals surface area contributed by atoms with E-state index in [1.165, 1.54) is 0 Å². The van der Waals surface area contributed by atoms with Crippen LogP contribution in [0.15, 0.2) is 54.6 Å². The van der Waals surface area contributed by atoms with Crippen molar-refractivity contribution in [1.29, 1.82) is 0 Å². The zero-order valence-electron chi connectivity index (χ0n) is 13.3. The molecule has 1 saturated heterocycles. The molecule has 0 aliphatic carbocycles. The number of hydrogen-bond acceptors (Lipinski definition) is 3. The first-order chi connectivity index (χ1) is 11.6. The van der Waals surface area contributed by atoms with Crippen LogP contribution in [-0.4, -0.2) is 34.5 Å². The summed E-state index contributed by atoms with van der Waals surface area (Å²) >= 11 is 0. The number of likely N-dealkylation sites (tertiary alicyclic amines) is 1. The molecule has 5 heteroatoms. The predicted molar refractivity (Wildman–Crippen MR) is 91.9 cm³/mol. The molecular weight excluding hydrogens is 304 g/mol. The number of carbonyl (C=O) groups excluding carboxylic acids is 1. The van der Waals surface area contributed by atoms with E-state index in [0.717, 1.165) is 24.2 Å². The van der Waals surface area contributed by atoms with Crippen molar-refractivity contribution < 1.29 is 14.7 Å². The molecule has 2 aromatic carbocycles. The van der Waals surface area contributed by atoms with Crippen LogP contribution >= 0.6 is 0 Å². The maximum atomic E-state index is 12.2. The molecule has 1 atom stereocenters. The first-order valence-corrected chi connectivity index (χ1v) is 8.06. The van der Waals surface area contributed by atoms with E-state index in [9.17, 15) is 14.7 Å². The Labute approximate surface area is 140 Å². The average molecular weight is 324 g/mol. The fourth-order valence-corrected chi connectivity index (χ4v) is 3.02. The lowest BCUT2D eigenvalue weighted by Crippen LogP contribution is -2.35. The SMILES string of the molecule is O=C(Nc1ccccc1)c1ccc(CN2CCC[C@H]2C(=O)O)cc1. The Hall–Kier alpha value is -2.66. The van der Waals surface area contributed by atoms with Gasteiger partial charge in [-0.1, -0.05) is 30.3 Å². The molecule has 0 saturated carbocycles. The van der Waals surface area contributed by atoms with Gasteiger partial charge in [0.2, 0.25) is 0 Å². The van der Waals surface area contributed by atoms with Gasteiger partial charge in [-0.2, -0.15) is 0 Å². The van der Waals surface area contributed by atoms with Crippen LogP contribution in [0.2, 0.25) is 0 Å². The summed E-state index contributed by atoms with van der Waals surface area (Å²) < 4.78 is 0. The van der Waals surface area contributed by atoms with E-state index in [1.54, 1.807) is 12.1 Å². The summed E-state index contributed by atoms with van der Waals surface area (Å²) in [5, 5.41) is 12.1. The Morgan fingerprint density at radius 1 is 1.08 bits per heavy atom. The van der Waals surface area contributed by atoms with Gasteiger partial charge in [0.15, 0.2) is 0 Å². The molecule has 0 spiro atoms. The Kier molecular flexibility index (Phi) is 4.91. The number of carboxylic acids is 1. The molecule has 0 unspecified atom stereocenters. The molecule has 24 heavy (non-hydrogen) atoms. The number of rotatable bonds is 5. The number of anilines is 1. The van der Waals surface area contributed by atoms with E-state index in [0.29, 0.717) is 18.5 Å². The van der Waals surface area contributed by atoms with E-state index in [-0.39, 0.29) is 5.91 Å². The maximum Gasteiger partial charge on any atom is 0.320 e. The summed E-state index contributed by atoms with van der Waals surface area (Å²) in [5.41, 5.74) is 2.35. The Morgan fingerprint density at radius 2 is 1.79 bits per heavy atom. The van der Waals surface area contributed by atoms with E-state index < -0.39 is 12.0 Å². The molecule has 1 amide bonds. The molecule has 0 aromatic heterocycles. The van der Waals surface area contributed by atoms with Gasteiger partial charge in [-0.3, -0.25) is 14.5 Å². The summed E-state index contributed by atoms with van der Waals surface area (Å²) in [7, 11) is 0. The second-order valence-corrected chi connectivity index (χ2v) is 5.98. The highest BCUT2D eigenvalue weighted by Crippen LogP contribution is 2.20. The minimum absolute atomic E-state index is 0.155. The molecule has 1 aliphatic rings. The van der Waals surface area contributed by atoms with Gasteiger partial charge in [-0.05, 0) is 49.2 Å². The molecule has 1 fully saturated rings. The Morgan fingerprint density at radius 3 is 2.46 bits per heavy atom. The van der Waals surface area contributed by atoms with Crippen LogP contribution in [0, 0.1) is 0 Å². The number of nitrogens with one attached hydrogen (secondary N) is 1. The third-order valence-corrected chi connectivity index (χ3v) is 4.28. The summed E-state index contributed by atoms with van der Waals surface area (Å²) in [6, 6.07) is 16.2. The van der Waals surface area contributed by atoms with Crippen LogP contribution < -0.4 is 5.32 Å². The van der Waals surface area contributed by atoms with Gasteiger partial charge >= 0.3 is 5.97 Å². The molecule has 2 aromatic rings. The minimum Gasteiger partial charge on any atom is -0.480 e. The minimum atomic E-state index is -0.758. The quantitative estimate of drug-likeness (QED) is 0.887. The topological polar surface area (TPSA) is 69.6 Å². The van der Waals surface area contributed by atoms with Crippen molar-refractivity contribution in [3.05, 3.63) is 65.7 Å². The lowest BCUT2D eigenvalue weighted by atomic mass is 10.1. The number of carbonyl (C=O) groups is 2. The summed E-state index contributed by atoms with van der Waals surface area (Å²) in [5.74, 6) is -0.913. The van der Waals surface area contributed by atoms with Crippen molar-refractivity contribution >= 4 is 17.6 Å². The highest BCUT2D eigenvalue weighted by Gasteiger charge is 2.30. The molecule has 5 nitrogen and oxygen atoms in total. The van der Waals surface area contributed by atoms with Crippen LogP contribution in [0.1, 0.15) is 28.8 Å². The summed E-state index contributed by atoms with van der Waals surface area (Å²) in [4.78, 5) is 25.4. The standard InChI is InChI=1S/C19H20N2O3/c22-18(20-16-5-2-1-3-6-16)15-10-8-14(9-11-15)13-21-12-4-7-17(21)19(23)24/h1-3,5-6,8-11,17H,4,7,12-13H2,(H,20,22)(H,23,24)/t17-/m0/s1. The van der Waals surface area contributed by atoms with E-state index in [4.69, 9.17) is 0 Å². The predicted octanol–water partition coefficient (Wildman–Crippen LogP) is 2.99. The number of amides is 1. The molecular formula is C19H20N2O3. The molecule has 0 bridgehead atoms. The second-order valence-electron chi connectivity index (χ2n) is 5.98. The van der Waals surface area contributed by atoms with Crippen LogP contribution in [0.5, 0.6) is 0 Å². The molecule has 3 rings (SSSR count). The summed E-state index contributed by atoms with van der Waals surface area (Å²) in [6.45, 7) is 1.39. The van der Waals surface area contributed by atoms with Crippen molar-refractivity contribution in [2.45, 2.75) is 25.4 Å². The number of para-hydroxylation sites is 1. The van der Waals surface area contributed by atoms with Crippen molar-refractivity contribution in [1.82, 2.24) is 4.90 Å². The highest BCUT2D eigenvalue weighted by atomic mass is 16.4. The Balaban J connectivity index is 1.63. The third-order valence-electron chi connectivity index (χ3n) is 4.28. The zero-order chi connectivity index (χ0) is 16.9. The van der Waals surface area contributed by atoms with Crippen LogP contribution in [0.3, 0.4) is 0 Å². The van der Waals surface area contributed by atoms with Crippen molar-refractivity contribution in [3.63, 3.8) is 0 Å². The van der Waals surface area contributed by atoms with Crippen LogP contribution in [0.4, 0.5) is 5.69 Å². The number of aliphatic carboxylic acids is 1. The summed E-state index contributed by atoms with van der Waals surface area (Å²) in [6.07, 6.45) is 1.61. The highest BCUT2D eigenvalue weighted by molar-refractivity contribution is 6.04. The first kappa shape index (κ1) is 16.2. The normalized spacial score (nSPS) is 17.6. The van der Waals surface area contributed by atoms with Crippen LogP contribution in [-0.2, 0) is 11.3 Å². The molecule has 2 N–H and O–H groups in total. The van der Waals surface area contributed by atoms with Gasteiger partial charge in [-0.25, -0.2) is 0 Å². The zero-order valence-corrected chi connectivity index (χ0v) is 13.3. The van der Waals surface area contributed by atoms with Gasteiger partial charge in [0.05, 0.1) is 0 Å². The Bertz CT molecular complexity index is 713. The third kappa shape index (κ3) is 3.81.